The van der Waals surface area contributed by atoms with Gasteiger partial charge < -0.3 is 23.8 Å². The van der Waals surface area contributed by atoms with E-state index in [-0.39, 0.29) is 17.5 Å². The van der Waals surface area contributed by atoms with Crippen molar-refractivity contribution >= 4 is 28.2 Å². The molecule has 0 spiro atoms. The Morgan fingerprint density at radius 2 is 1.64 bits per heavy atom. The van der Waals surface area contributed by atoms with E-state index in [1.165, 1.54) is 12.1 Å². The minimum atomic E-state index is -0.398. The summed E-state index contributed by atoms with van der Waals surface area (Å²) >= 11 is 0. The van der Waals surface area contributed by atoms with Crippen molar-refractivity contribution in [2.45, 2.75) is 12.3 Å². The van der Waals surface area contributed by atoms with E-state index in [0.29, 0.717) is 44.1 Å². The lowest BCUT2D eigenvalue weighted by Gasteiger charge is -2.36. The molecule has 9 nitrogen and oxygen atoms in total. The van der Waals surface area contributed by atoms with Crippen molar-refractivity contribution in [2.75, 3.05) is 45.3 Å². The van der Waals surface area contributed by atoms with Crippen LogP contribution in [0.4, 0.5) is 11.4 Å². The highest BCUT2D eigenvalue weighted by Gasteiger charge is 2.28. The Hall–Kier alpha value is -4.53. The lowest BCUT2D eigenvalue weighted by atomic mass is 9.87. The van der Waals surface area contributed by atoms with Gasteiger partial charge in [-0.15, -0.1) is 0 Å². The molecular weight excluding hydrogens is 496 g/mol. The average molecular weight is 529 g/mol. The van der Waals surface area contributed by atoms with Gasteiger partial charge in [-0.3, -0.25) is 14.9 Å². The molecule has 9 heteroatoms. The summed E-state index contributed by atoms with van der Waals surface area (Å²) < 4.78 is 13.1. The van der Waals surface area contributed by atoms with Crippen LogP contribution in [0.25, 0.3) is 10.9 Å². The van der Waals surface area contributed by atoms with Crippen molar-refractivity contribution in [3.63, 3.8) is 0 Å². The van der Waals surface area contributed by atoms with Crippen molar-refractivity contribution in [2.24, 2.45) is 7.05 Å². The molecule has 1 aromatic heterocycles. The number of amides is 1. The van der Waals surface area contributed by atoms with Gasteiger partial charge in [0.25, 0.3) is 5.69 Å². The maximum Gasteiger partial charge on any atom is 0.269 e. The maximum absolute atomic E-state index is 13.7. The molecule has 4 aromatic rings. The molecule has 0 radical (unpaired) electrons. The van der Waals surface area contributed by atoms with Gasteiger partial charge in [0.05, 0.1) is 19.1 Å². The number of nitrogens with zero attached hydrogens (tertiary/aromatic N) is 4. The number of ether oxygens (including phenoxy) is 2. The Balaban J connectivity index is 1.38. The van der Waals surface area contributed by atoms with Crippen LogP contribution in [-0.2, 0) is 11.8 Å². The SMILES string of the molecule is COc1ccc(C(CC(=O)N2CCN(c3ccc([N+](=O)[O-])cc3)CC2)c2cn(C)c3ccccc23)cc1OC. The molecule has 202 valence electrons. The van der Waals surface area contributed by atoms with Gasteiger partial charge in [-0.1, -0.05) is 24.3 Å². The van der Waals surface area contributed by atoms with Gasteiger partial charge in [0.1, 0.15) is 0 Å². The summed E-state index contributed by atoms with van der Waals surface area (Å²) in [6, 6.07) is 20.7. The summed E-state index contributed by atoms with van der Waals surface area (Å²) in [5.74, 6) is 1.19. The Kier molecular flexibility index (Phi) is 7.40. The molecule has 1 saturated heterocycles. The number of aryl methyl sites for hydroxylation is 1. The Labute approximate surface area is 227 Å². The molecule has 0 N–H and O–H groups in total. The second-order valence-electron chi connectivity index (χ2n) is 9.72. The number of carbonyl (C=O) groups is 1. The number of non-ortho nitro benzene ring substituents is 1. The van der Waals surface area contributed by atoms with E-state index in [2.05, 4.69) is 27.8 Å². The van der Waals surface area contributed by atoms with Crippen LogP contribution in [0.5, 0.6) is 11.5 Å². The molecule has 2 heterocycles. The number of para-hydroxylation sites is 1. The fraction of sp³-hybridized carbons (Fsp3) is 0.300. The van der Waals surface area contributed by atoms with Crippen LogP contribution in [0.2, 0.25) is 0 Å². The predicted molar refractivity (Wildman–Crippen MR) is 151 cm³/mol. The quantitative estimate of drug-likeness (QED) is 0.237. The van der Waals surface area contributed by atoms with Gasteiger partial charge in [0, 0.05) is 80.5 Å². The largest absolute Gasteiger partial charge is 0.493 e. The first kappa shape index (κ1) is 26.1. The van der Waals surface area contributed by atoms with E-state index in [9.17, 15) is 14.9 Å². The van der Waals surface area contributed by atoms with Crippen molar-refractivity contribution in [3.8, 4) is 11.5 Å². The second-order valence-corrected chi connectivity index (χ2v) is 9.72. The minimum Gasteiger partial charge on any atom is -0.493 e. The zero-order valence-corrected chi connectivity index (χ0v) is 22.4. The number of aromatic nitrogens is 1. The second kappa shape index (κ2) is 11.1. The third kappa shape index (κ3) is 5.25. The molecular formula is C30H32N4O5. The summed E-state index contributed by atoms with van der Waals surface area (Å²) in [4.78, 5) is 28.4. The number of fused-ring (bicyclic) bond motifs is 1. The Bertz CT molecular complexity index is 1490. The molecule has 0 saturated carbocycles. The molecule has 0 bridgehead atoms. The molecule has 1 aliphatic heterocycles. The average Bonchev–Trinajstić information content (AvgIpc) is 3.31. The number of hydrogen-bond donors (Lipinski definition) is 0. The number of nitro benzene ring substituents is 1. The van der Waals surface area contributed by atoms with Crippen LogP contribution in [0.15, 0.2) is 72.9 Å². The number of hydrogen-bond acceptors (Lipinski definition) is 6. The van der Waals surface area contributed by atoms with Crippen molar-refractivity contribution in [1.29, 1.82) is 0 Å². The zero-order chi connectivity index (χ0) is 27.5. The summed E-state index contributed by atoms with van der Waals surface area (Å²) in [6.45, 7) is 2.51. The molecule has 3 aromatic carbocycles. The maximum atomic E-state index is 13.7. The third-order valence-corrected chi connectivity index (χ3v) is 7.55. The highest BCUT2D eigenvalue weighted by Crippen LogP contribution is 2.38. The lowest BCUT2D eigenvalue weighted by molar-refractivity contribution is -0.384. The van der Waals surface area contributed by atoms with Gasteiger partial charge in [-0.05, 0) is 41.5 Å². The number of methoxy groups -OCH3 is 2. The van der Waals surface area contributed by atoms with Gasteiger partial charge in [0.2, 0.25) is 5.91 Å². The number of rotatable bonds is 8. The van der Waals surface area contributed by atoms with Gasteiger partial charge in [-0.25, -0.2) is 0 Å². The molecule has 1 fully saturated rings. The van der Waals surface area contributed by atoms with E-state index in [0.717, 1.165) is 27.7 Å². The first-order valence-electron chi connectivity index (χ1n) is 12.9. The number of anilines is 1. The first-order chi connectivity index (χ1) is 18.9. The molecule has 5 rings (SSSR count). The van der Waals surface area contributed by atoms with E-state index < -0.39 is 4.92 Å². The fourth-order valence-corrected chi connectivity index (χ4v) is 5.43. The summed E-state index contributed by atoms with van der Waals surface area (Å²) in [7, 11) is 5.25. The monoisotopic (exact) mass is 528 g/mol. The van der Waals surface area contributed by atoms with Gasteiger partial charge >= 0.3 is 0 Å². The van der Waals surface area contributed by atoms with Gasteiger partial charge in [-0.2, -0.15) is 0 Å². The summed E-state index contributed by atoms with van der Waals surface area (Å²) in [5, 5.41) is 12.1. The van der Waals surface area contributed by atoms with Crippen LogP contribution < -0.4 is 14.4 Å². The Morgan fingerprint density at radius 1 is 0.949 bits per heavy atom. The van der Waals surface area contributed by atoms with Crippen molar-refractivity contribution < 1.29 is 19.2 Å². The van der Waals surface area contributed by atoms with Gasteiger partial charge in [0.15, 0.2) is 11.5 Å². The third-order valence-electron chi connectivity index (χ3n) is 7.55. The van der Waals surface area contributed by atoms with E-state index >= 15 is 0 Å². The molecule has 1 unspecified atom stereocenters. The molecule has 0 aliphatic carbocycles. The van der Waals surface area contributed by atoms with Crippen molar-refractivity contribution in [3.05, 3.63) is 94.2 Å². The minimum absolute atomic E-state index is 0.0715. The highest BCUT2D eigenvalue weighted by molar-refractivity contribution is 5.86. The van der Waals surface area contributed by atoms with Crippen LogP contribution >= 0.6 is 0 Å². The van der Waals surface area contributed by atoms with E-state index in [1.54, 1.807) is 26.4 Å². The van der Waals surface area contributed by atoms with Crippen molar-refractivity contribution in [1.82, 2.24) is 9.47 Å². The van der Waals surface area contributed by atoms with Crippen LogP contribution in [0, 0.1) is 10.1 Å². The number of nitro groups is 1. The molecule has 1 atom stereocenters. The Morgan fingerprint density at radius 3 is 2.31 bits per heavy atom. The number of piperazine rings is 1. The van der Waals surface area contributed by atoms with Crippen LogP contribution in [-0.4, -0.2) is 60.7 Å². The predicted octanol–water partition coefficient (Wildman–Crippen LogP) is 4.97. The fourth-order valence-electron chi connectivity index (χ4n) is 5.43. The normalized spacial score (nSPS) is 14.3. The van der Waals surface area contributed by atoms with Crippen LogP contribution in [0.3, 0.4) is 0 Å². The highest BCUT2D eigenvalue weighted by atomic mass is 16.6. The van der Waals surface area contributed by atoms with Crippen LogP contribution in [0.1, 0.15) is 23.5 Å². The zero-order valence-electron chi connectivity index (χ0n) is 22.4. The summed E-state index contributed by atoms with van der Waals surface area (Å²) in [6.07, 6.45) is 2.44. The summed E-state index contributed by atoms with van der Waals surface area (Å²) in [5.41, 5.74) is 4.19. The molecule has 39 heavy (non-hydrogen) atoms. The van der Waals surface area contributed by atoms with E-state index in [4.69, 9.17) is 9.47 Å². The smallest absolute Gasteiger partial charge is 0.269 e. The first-order valence-corrected chi connectivity index (χ1v) is 12.9. The topological polar surface area (TPSA) is 90.1 Å². The number of benzene rings is 3. The standard InChI is InChI=1S/C30H32N4O5/c1-31-20-26(24-6-4-5-7-27(24)31)25(21-8-13-28(38-2)29(18-21)39-3)19-30(35)33-16-14-32(15-17-33)22-9-11-23(12-10-22)34(36)37/h4-13,18,20,25H,14-17,19H2,1-3H3. The lowest BCUT2D eigenvalue weighted by Crippen LogP contribution is -2.49. The molecule has 1 aliphatic rings. The molecule has 1 amide bonds. The van der Waals surface area contributed by atoms with E-state index in [1.807, 2.05) is 42.3 Å². The number of carbonyl (C=O) groups excluding carboxylic acids is 1.